The number of hydrogen-bond acceptors (Lipinski definition) is 6. The lowest BCUT2D eigenvalue weighted by Crippen LogP contribution is -2.41. The molecule has 9 heteroatoms. The fourth-order valence-corrected chi connectivity index (χ4v) is 2.86. The molecule has 0 aliphatic carbocycles. The lowest BCUT2D eigenvalue weighted by molar-refractivity contribution is -0.119. The second kappa shape index (κ2) is 8.00. The maximum absolute atomic E-state index is 12.0. The van der Waals surface area contributed by atoms with Gasteiger partial charge in [0, 0.05) is 13.0 Å². The first kappa shape index (κ1) is 18.1. The highest BCUT2D eigenvalue weighted by molar-refractivity contribution is 8.00. The first-order valence-corrected chi connectivity index (χ1v) is 8.45. The number of carbonyl (C=O) groups is 2. The highest BCUT2D eigenvalue weighted by Gasteiger charge is 2.22. The van der Waals surface area contributed by atoms with E-state index in [-0.39, 0.29) is 5.92 Å². The van der Waals surface area contributed by atoms with Crippen LogP contribution in [0.5, 0.6) is 0 Å². The summed E-state index contributed by atoms with van der Waals surface area (Å²) >= 11 is 1.25. The number of imide groups is 1. The average Bonchev–Trinajstić information content (AvgIpc) is 3.18. The van der Waals surface area contributed by atoms with Gasteiger partial charge in [-0.15, -0.1) is 10.2 Å². The summed E-state index contributed by atoms with van der Waals surface area (Å²) in [6.07, 6.45) is 1.61. The molecule has 0 aliphatic heterocycles. The van der Waals surface area contributed by atoms with Gasteiger partial charge in [-0.2, -0.15) is 0 Å². The number of hydrogen-bond donors (Lipinski definition) is 2. The zero-order valence-electron chi connectivity index (χ0n) is 14.1. The molecule has 0 fully saturated rings. The topological polar surface area (TPSA) is 102 Å². The van der Waals surface area contributed by atoms with Crippen LogP contribution in [0.15, 0.2) is 28.0 Å². The summed E-state index contributed by atoms with van der Waals surface area (Å²) in [7, 11) is 1.45. The van der Waals surface area contributed by atoms with Crippen molar-refractivity contribution in [1.29, 1.82) is 0 Å². The lowest BCUT2D eigenvalue weighted by Gasteiger charge is -2.13. The first-order chi connectivity index (χ1) is 11.4. The molecule has 3 amide bonds. The first-order valence-electron chi connectivity index (χ1n) is 7.57. The Balaban J connectivity index is 2.17. The number of rotatable bonds is 6. The average molecular weight is 351 g/mol. The van der Waals surface area contributed by atoms with Crippen molar-refractivity contribution in [2.24, 2.45) is 0 Å². The molecule has 0 aliphatic rings. The molecular weight excluding hydrogens is 330 g/mol. The molecule has 1 atom stereocenters. The largest absolute Gasteiger partial charge is 0.467 e. The Kier molecular flexibility index (Phi) is 6.02. The van der Waals surface area contributed by atoms with E-state index in [4.69, 9.17) is 4.42 Å². The van der Waals surface area contributed by atoms with Crippen LogP contribution in [0, 0.1) is 0 Å². The summed E-state index contributed by atoms with van der Waals surface area (Å²) in [5.41, 5.74) is 0. The van der Waals surface area contributed by atoms with E-state index in [0.29, 0.717) is 11.7 Å². The standard InChI is InChI=1S/C15H21N5O3S/c1-9(2)12-18-19-15(20(12)8-11-6-5-7-23-11)24-10(3)13(21)17-14(22)16-4/h5-7,9-10H,8H2,1-4H3,(H2,16,17,21,22). The third-order valence-electron chi connectivity index (χ3n) is 3.27. The molecule has 2 rings (SSSR count). The van der Waals surface area contributed by atoms with Gasteiger partial charge in [0.1, 0.15) is 11.6 Å². The highest BCUT2D eigenvalue weighted by atomic mass is 32.2. The third kappa shape index (κ3) is 4.38. The zero-order chi connectivity index (χ0) is 17.7. The number of aromatic nitrogens is 3. The normalized spacial score (nSPS) is 12.2. The molecule has 2 N–H and O–H groups in total. The molecule has 0 radical (unpaired) electrons. The van der Waals surface area contributed by atoms with Crippen LogP contribution in [0.2, 0.25) is 0 Å². The number of thioether (sulfide) groups is 1. The number of carbonyl (C=O) groups excluding carboxylic acids is 2. The minimum absolute atomic E-state index is 0.178. The van der Waals surface area contributed by atoms with E-state index in [9.17, 15) is 9.59 Å². The number of nitrogens with one attached hydrogen (secondary N) is 2. The molecule has 8 nitrogen and oxygen atoms in total. The minimum atomic E-state index is -0.535. The Hall–Kier alpha value is -2.29. The van der Waals surface area contributed by atoms with Crippen molar-refractivity contribution in [1.82, 2.24) is 25.4 Å². The molecule has 2 heterocycles. The molecule has 130 valence electrons. The van der Waals surface area contributed by atoms with Gasteiger partial charge < -0.3 is 9.73 Å². The van der Waals surface area contributed by atoms with Crippen molar-refractivity contribution in [3.63, 3.8) is 0 Å². The van der Waals surface area contributed by atoms with Crippen molar-refractivity contribution in [3.8, 4) is 0 Å². The molecule has 2 aromatic heterocycles. The maximum atomic E-state index is 12.0. The Labute approximate surface area is 144 Å². The van der Waals surface area contributed by atoms with Crippen LogP contribution in [0.4, 0.5) is 4.79 Å². The lowest BCUT2D eigenvalue weighted by atomic mass is 10.2. The summed E-state index contributed by atoms with van der Waals surface area (Å²) < 4.78 is 7.33. The predicted molar refractivity (Wildman–Crippen MR) is 89.8 cm³/mol. The van der Waals surface area contributed by atoms with E-state index in [1.807, 2.05) is 30.5 Å². The van der Waals surface area contributed by atoms with Crippen molar-refractivity contribution in [2.75, 3.05) is 7.05 Å². The van der Waals surface area contributed by atoms with Crippen molar-refractivity contribution in [2.45, 2.75) is 43.6 Å². The molecule has 24 heavy (non-hydrogen) atoms. The summed E-state index contributed by atoms with van der Waals surface area (Å²) in [5, 5.41) is 13.1. The van der Waals surface area contributed by atoms with Crippen molar-refractivity contribution < 1.29 is 14.0 Å². The van der Waals surface area contributed by atoms with Crippen LogP contribution < -0.4 is 10.6 Å². The molecule has 0 aromatic carbocycles. The van der Waals surface area contributed by atoms with Gasteiger partial charge in [-0.3, -0.25) is 14.7 Å². The Morgan fingerprint density at radius 2 is 2.08 bits per heavy atom. The van der Waals surface area contributed by atoms with E-state index in [2.05, 4.69) is 20.8 Å². The second-order valence-corrected chi connectivity index (χ2v) is 6.80. The fraction of sp³-hybridized carbons (Fsp3) is 0.467. The van der Waals surface area contributed by atoms with E-state index >= 15 is 0 Å². The summed E-state index contributed by atoms with van der Waals surface area (Å²) in [5.74, 6) is 1.38. The Morgan fingerprint density at radius 1 is 1.33 bits per heavy atom. The van der Waals surface area contributed by atoms with Crippen LogP contribution >= 0.6 is 11.8 Å². The van der Waals surface area contributed by atoms with Gasteiger partial charge in [0.15, 0.2) is 5.16 Å². The zero-order valence-corrected chi connectivity index (χ0v) is 14.9. The molecule has 2 aromatic rings. The highest BCUT2D eigenvalue weighted by Crippen LogP contribution is 2.26. The van der Waals surface area contributed by atoms with Gasteiger partial charge in [0.25, 0.3) is 0 Å². The van der Waals surface area contributed by atoms with Crippen LogP contribution in [0.3, 0.4) is 0 Å². The van der Waals surface area contributed by atoms with Gasteiger partial charge >= 0.3 is 6.03 Å². The predicted octanol–water partition coefficient (Wildman–Crippen LogP) is 1.98. The minimum Gasteiger partial charge on any atom is -0.467 e. The van der Waals surface area contributed by atoms with Gasteiger partial charge in [-0.05, 0) is 19.1 Å². The van der Waals surface area contributed by atoms with Gasteiger partial charge in [0.2, 0.25) is 5.91 Å². The molecule has 0 bridgehead atoms. The molecule has 1 unspecified atom stereocenters. The third-order valence-corrected chi connectivity index (χ3v) is 4.35. The number of nitrogens with zero attached hydrogens (tertiary/aromatic N) is 3. The fourth-order valence-electron chi connectivity index (χ4n) is 2.01. The van der Waals surface area contributed by atoms with Gasteiger partial charge in [0.05, 0.1) is 18.1 Å². The van der Waals surface area contributed by atoms with E-state index < -0.39 is 17.2 Å². The monoisotopic (exact) mass is 351 g/mol. The van der Waals surface area contributed by atoms with Crippen LogP contribution in [-0.4, -0.2) is 39.0 Å². The smallest absolute Gasteiger partial charge is 0.321 e. The van der Waals surface area contributed by atoms with Crippen LogP contribution in [-0.2, 0) is 11.3 Å². The van der Waals surface area contributed by atoms with Crippen molar-refractivity contribution in [3.05, 3.63) is 30.0 Å². The van der Waals surface area contributed by atoms with E-state index in [1.165, 1.54) is 18.8 Å². The summed E-state index contributed by atoms with van der Waals surface area (Å²) in [4.78, 5) is 23.3. The Morgan fingerprint density at radius 3 is 2.67 bits per heavy atom. The number of amides is 3. The van der Waals surface area contributed by atoms with Gasteiger partial charge in [-0.25, -0.2) is 4.79 Å². The van der Waals surface area contributed by atoms with Gasteiger partial charge in [-0.1, -0.05) is 25.6 Å². The second-order valence-electron chi connectivity index (χ2n) is 5.49. The van der Waals surface area contributed by atoms with E-state index in [1.54, 1.807) is 13.2 Å². The summed E-state index contributed by atoms with van der Waals surface area (Å²) in [6, 6.07) is 3.16. The molecular formula is C15H21N5O3S. The SMILES string of the molecule is CNC(=O)NC(=O)C(C)Sc1nnc(C(C)C)n1Cc1ccco1. The molecule has 0 spiro atoms. The molecule has 0 saturated carbocycles. The van der Waals surface area contributed by atoms with Crippen LogP contribution in [0.1, 0.15) is 38.3 Å². The molecule has 0 saturated heterocycles. The summed E-state index contributed by atoms with van der Waals surface area (Å²) in [6.45, 7) is 6.25. The number of furan rings is 1. The van der Waals surface area contributed by atoms with Crippen molar-refractivity contribution >= 4 is 23.7 Å². The number of urea groups is 1. The van der Waals surface area contributed by atoms with E-state index in [0.717, 1.165) is 11.6 Å². The van der Waals surface area contributed by atoms with Crippen LogP contribution in [0.25, 0.3) is 0 Å². The maximum Gasteiger partial charge on any atom is 0.321 e. The quantitative estimate of drug-likeness (QED) is 0.772. The Bertz CT molecular complexity index is 696.